The van der Waals surface area contributed by atoms with Gasteiger partial charge in [-0.05, 0) is 44.7 Å². The lowest BCUT2D eigenvalue weighted by molar-refractivity contribution is -0.152. The number of hydrogen-bond acceptors (Lipinski definition) is 4. The van der Waals surface area contributed by atoms with Crippen molar-refractivity contribution >= 4 is 5.97 Å². The summed E-state index contributed by atoms with van der Waals surface area (Å²) in [5.74, 6) is -0.863. The molecule has 0 radical (unpaired) electrons. The Bertz CT molecular complexity index is 504. The highest BCUT2D eigenvalue weighted by atomic mass is 16.5. The van der Waals surface area contributed by atoms with Crippen LogP contribution in [0.5, 0.6) is 0 Å². The van der Waals surface area contributed by atoms with Crippen LogP contribution >= 0.6 is 0 Å². The van der Waals surface area contributed by atoms with Gasteiger partial charge in [0.05, 0.1) is 6.61 Å². The normalized spacial score (nSPS) is 29.8. The van der Waals surface area contributed by atoms with Crippen LogP contribution in [0.3, 0.4) is 0 Å². The number of carbonyl (C=O) groups excluding carboxylic acids is 1. The number of ether oxygens (including phenoxy) is 1. The first-order valence-electron chi connectivity index (χ1n) is 8.27. The van der Waals surface area contributed by atoms with Gasteiger partial charge in [-0.15, -0.1) is 0 Å². The smallest absolute Gasteiger partial charge is 0.316 e. The van der Waals surface area contributed by atoms with Gasteiger partial charge in [0.25, 0.3) is 0 Å². The van der Waals surface area contributed by atoms with E-state index in [0.717, 1.165) is 24.8 Å². The molecule has 2 heterocycles. The van der Waals surface area contributed by atoms with Gasteiger partial charge in [-0.2, -0.15) is 0 Å². The van der Waals surface area contributed by atoms with Gasteiger partial charge >= 0.3 is 5.97 Å². The van der Waals surface area contributed by atoms with Crippen molar-refractivity contribution in [3.8, 4) is 0 Å². The molecule has 1 aromatic carbocycles. The van der Waals surface area contributed by atoms with Gasteiger partial charge in [0.2, 0.25) is 0 Å². The molecule has 0 aliphatic carbocycles. The molecular weight excluding hydrogens is 278 g/mol. The lowest BCUT2D eigenvalue weighted by Crippen LogP contribution is -2.32. The van der Waals surface area contributed by atoms with E-state index in [0.29, 0.717) is 12.1 Å². The van der Waals surface area contributed by atoms with E-state index in [2.05, 4.69) is 11.9 Å². The van der Waals surface area contributed by atoms with E-state index in [1.807, 2.05) is 30.3 Å². The molecule has 4 nitrogen and oxygen atoms in total. The molecule has 2 fully saturated rings. The molecule has 22 heavy (non-hydrogen) atoms. The fourth-order valence-corrected chi connectivity index (χ4v) is 3.88. The largest absolute Gasteiger partial charge is 0.462 e. The number of carbonyl (C=O) groups is 1. The fourth-order valence-electron chi connectivity index (χ4n) is 3.88. The van der Waals surface area contributed by atoms with Gasteiger partial charge in [0.1, 0.15) is 12.0 Å². The van der Waals surface area contributed by atoms with Crippen LogP contribution in [-0.4, -0.2) is 47.8 Å². The SMILES string of the molecule is CN1[C@H]2CC[C@H](OC(=O)[C@H](CO)c3ccccc3)C[C@H]1CC2. The molecule has 0 saturated carbocycles. The first-order chi connectivity index (χ1) is 10.7. The second-order valence-corrected chi connectivity index (χ2v) is 6.57. The second-order valence-electron chi connectivity index (χ2n) is 6.57. The molecule has 0 spiro atoms. The first kappa shape index (κ1) is 15.5. The molecule has 2 aliphatic rings. The molecule has 3 rings (SSSR count). The highest BCUT2D eigenvalue weighted by molar-refractivity contribution is 5.78. The summed E-state index contributed by atoms with van der Waals surface area (Å²) in [5.41, 5.74) is 0.822. The van der Waals surface area contributed by atoms with E-state index in [-0.39, 0.29) is 18.7 Å². The third-order valence-electron chi connectivity index (χ3n) is 5.29. The monoisotopic (exact) mass is 303 g/mol. The quantitative estimate of drug-likeness (QED) is 0.867. The third-order valence-corrected chi connectivity index (χ3v) is 5.29. The number of fused-ring (bicyclic) bond motifs is 2. The number of aliphatic hydroxyl groups excluding tert-OH is 1. The van der Waals surface area contributed by atoms with Crippen molar-refractivity contribution in [3.05, 3.63) is 35.9 Å². The molecule has 2 aliphatic heterocycles. The van der Waals surface area contributed by atoms with Gasteiger partial charge in [0.15, 0.2) is 0 Å². The Hall–Kier alpha value is -1.39. The summed E-state index contributed by atoms with van der Waals surface area (Å²) in [4.78, 5) is 14.9. The lowest BCUT2D eigenvalue weighted by atomic mass is 9.97. The van der Waals surface area contributed by atoms with E-state index in [4.69, 9.17) is 4.74 Å². The zero-order valence-corrected chi connectivity index (χ0v) is 13.1. The van der Waals surface area contributed by atoms with Crippen LogP contribution in [-0.2, 0) is 9.53 Å². The van der Waals surface area contributed by atoms with Crippen LogP contribution < -0.4 is 0 Å². The average molecular weight is 303 g/mol. The molecule has 4 atom stereocenters. The summed E-state index contributed by atoms with van der Waals surface area (Å²) in [5, 5.41) is 9.57. The second kappa shape index (κ2) is 6.80. The zero-order chi connectivity index (χ0) is 15.5. The summed E-state index contributed by atoms with van der Waals surface area (Å²) in [6.07, 6.45) is 5.42. The molecule has 120 valence electrons. The average Bonchev–Trinajstić information content (AvgIpc) is 2.77. The maximum atomic E-state index is 12.4. The molecular formula is C18H25NO3. The van der Waals surface area contributed by atoms with Crippen molar-refractivity contribution in [2.24, 2.45) is 0 Å². The molecule has 4 heteroatoms. The predicted octanol–water partition coefficient (Wildman–Crippen LogP) is 2.32. The standard InChI is InChI=1S/C18H25NO3/c1-19-14-7-8-15(19)11-16(10-9-14)22-18(21)17(12-20)13-5-3-2-4-6-13/h2-6,14-17,20H,7-12H2,1H3/t14-,15-,16+,17-/m1/s1. The van der Waals surface area contributed by atoms with Crippen LogP contribution in [0.2, 0.25) is 0 Å². The van der Waals surface area contributed by atoms with E-state index < -0.39 is 5.92 Å². The Morgan fingerprint density at radius 2 is 1.91 bits per heavy atom. The molecule has 1 aromatic rings. The summed E-state index contributed by atoms with van der Waals surface area (Å²) >= 11 is 0. The number of nitrogens with zero attached hydrogens (tertiary/aromatic N) is 1. The van der Waals surface area contributed by atoms with Gasteiger partial charge in [-0.3, -0.25) is 4.79 Å². The number of hydrogen-bond donors (Lipinski definition) is 1. The van der Waals surface area contributed by atoms with Crippen LogP contribution in [0, 0.1) is 0 Å². The van der Waals surface area contributed by atoms with Crippen molar-refractivity contribution in [1.82, 2.24) is 4.90 Å². The highest BCUT2D eigenvalue weighted by Gasteiger charge is 2.37. The van der Waals surface area contributed by atoms with E-state index in [9.17, 15) is 9.90 Å². The third kappa shape index (κ3) is 3.18. The van der Waals surface area contributed by atoms with Gasteiger partial charge in [-0.25, -0.2) is 0 Å². The van der Waals surface area contributed by atoms with Gasteiger partial charge in [-0.1, -0.05) is 30.3 Å². The summed E-state index contributed by atoms with van der Waals surface area (Å²) in [6.45, 7) is -0.207. The molecule has 2 bridgehead atoms. The molecule has 0 unspecified atom stereocenters. The summed E-state index contributed by atoms with van der Waals surface area (Å²) in [6, 6.07) is 10.6. The Balaban J connectivity index is 1.63. The Labute approximate surface area is 132 Å². The Kier molecular flexibility index (Phi) is 4.79. The highest BCUT2D eigenvalue weighted by Crippen LogP contribution is 2.34. The number of aliphatic hydroxyl groups is 1. The number of esters is 1. The van der Waals surface area contributed by atoms with Crippen molar-refractivity contribution in [1.29, 1.82) is 0 Å². The number of rotatable bonds is 4. The minimum Gasteiger partial charge on any atom is -0.462 e. The minimum atomic E-state index is -0.570. The molecule has 2 saturated heterocycles. The molecule has 1 N–H and O–H groups in total. The number of benzene rings is 1. The maximum Gasteiger partial charge on any atom is 0.316 e. The maximum absolute atomic E-state index is 12.4. The fraction of sp³-hybridized carbons (Fsp3) is 0.611. The van der Waals surface area contributed by atoms with Crippen molar-refractivity contribution in [2.45, 2.75) is 56.2 Å². The Morgan fingerprint density at radius 3 is 2.64 bits per heavy atom. The van der Waals surface area contributed by atoms with Gasteiger partial charge < -0.3 is 14.7 Å². The molecule has 0 amide bonds. The van der Waals surface area contributed by atoms with Crippen molar-refractivity contribution in [2.75, 3.05) is 13.7 Å². The van der Waals surface area contributed by atoms with Crippen LogP contribution in [0.1, 0.15) is 43.6 Å². The van der Waals surface area contributed by atoms with Crippen molar-refractivity contribution in [3.63, 3.8) is 0 Å². The van der Waals surface area contributed by atoms with Crippen LogP contribution in [0.25, 0.3) is 0 Å². The van der Waals surface area contributed by atoms with Crippen LogP contribution in [0.4, 0.5) is 0 Å². The van der Waals surface area contributed by atoms with E-state index in [1.54, 1.807) is 0 Å². The summed E-state index contributed by atoms with van der Waals surface area (Å²) in [7, 11) is 2.19. The van der Waals surface area contributed by atoms with E-state index >= 15 is 0 Å². The lowest BCUT2D eigenvalue weighted by Gasteiger charge is -2.24. The van der Waals surface area contributed by atoms with Gasteiger partial charge in [0, 0.05) is 12.1 Å². The predicted molar refractivity (Wildman–Crippen MR) is 84.6 cm³/mol. The van der Waals surface area contributed by atoms with E-state index in [1.165, 1.54) is 12.8 Å². The molecule has 0 aromatic heterocycles. The summed E-state index contributed by atoms with van der Waals surface area (Å²) < 4.78 is 5.75. The topological polar surface area (TPSA) is 49.8 Å². The first-order valence-corrected chi connectivity index (χ1v) is 8.27. The Morgan fingerprint density at radius 1 is 1.23 bits per heavy atom. The minimum absolute atomic E-state index is 0.0111. The van der Waals surface area contributed by atoms with Crippen molar-refractivity contribution < 1.29 is 14.6 Å². The van der Waals surface area contributed by atoms with Crippen LogP contribution in [0.15, 0.2) is 30.3 Å². The zero-order valence-electron chi connectivity index (χ0n) is 13.1.